The van der Waals surface area contributed by atoms with Gasteiger partial charge in [-0.2, -0.15) is 0 Å². The quantitative estimate of drug-likeness (QED) is 0.882. The first kappa shape index (κ1) is 16.8. The lowest BCUT2D eigenvalue weighted by Gasteiger charge is -2.39. The number of quaternary nitrogens is 1. The van der Waals surface area contributed by atoms with Crippen LogP contribution in [0.2, 0.25) is 10.0 Å². The van der Waals surface area contributed by atoms with Crippen molar-refractivity contribution in [1.82, 2.24) is 4.90 Å². The standard InChI is InChI=1S/C15H22Cl2N2O2/c1-15(2,19-3-5-21-6-4-19)10-18-9-11-7-12(16)8-13(17)14(11)20/h7-8,18,20H,3-6,9-10H2,1-2H3. The SMILES string of the molecule is CC(C)(C[NH2+]Cc1cc(Cl)cc(Cl)c1[O-])N1CCOCC1. The lowest BCUT2D eigenvalue weighted by molar-refractivity contribution is -0.679. The molecule has 118 valence electrons. The molecule has 0 amide bonds. The average Bonchev–Trinajstić information content (AvgIpc) is 2.45. The Morgan fingerprint density at radius 1 is 1.29 bits per heavy atom. The highest BCUT2D eigenvalue weighted by atomic mass is 35.5. The zero-order valence-electron chi connectivity index (χ0n) is 12.5. The lowest BCUT2D eigenvalue weighted by Crippen LogP contribution is -2.87. The monoisotopic (exact) mass is 332 g/mol. The smallest absolute Gasteiger partial charge is 0.101 e. The summed E-state index contributed by atoms with van der Waals surface area (Å²) in [5, 5.41) is 14.8. The highest BCUT2D eigenvalue weighted by Gasteiger charge is 2.29. The Labute approximate surface area is 136 Å². The van der Waals surface area contributed by atoms with Gasteiger partial charge in [-0.1, -0.05) is 29.0 Å². The average molecular weight is 333 g/mol. The zero-order chi connectivity index (χ0) is 15.5. The fourth-order valence-corrected chi connectivity index (χ4v) is 3.18. The first-order valence-electron chi connectivity index (χ1n) is 7.19. The van der Waals surface area contributed by atoms with Crippen molar-refractivity contribution in [3.8, 4) is 5.75 Å². The van der Waals surface area contributed by atoms with E-state index in [0.29, 0.717) is 17.1 Å². The number of nitrogens with zero attached hydrogens (tertiary/aromatic N) is 1. The molecular formula is C15H22Cl2N2O2. The van der Waals surface area contributed by atoms with E-state index in [1.807, 2.05) is 0 Å². The number of ether oxygens (including phenoxy) is 1. The molecule has 1 aromatic rings. The van der Waals surface area contributed by atoms with Crippen LogP contribution in [0.4, 0.5) is 0 Å². The van der Waals surface area contributed by atoms with Crippen molar-refractivity contribution in [1.29, 1.82) is 0 Å². The highest BCUT2D eigenvalue weighted by Crippen LogP contribution is 2.28. The van der Waals surface area contributed by atoms with Crippen LogP contribution in [-0.2, 0) is 11.3 Å². The summed E-state index contributed by atoms with van der Waals surface area (Å²) in [6.45, 7) is 9.42. The molecule has 1 aliphatic rings. The molecule has 0 saturated carbocycles. The molecule has 2 N–H and O–H groups in total. The Morgan fingerprint density at radius 2 is 1.95 bits per heavy atom. The Hall–Kier alpha value is -0.520. The predicted molar refractivity (Wildman–Crippen MR) is 82.9 cm³/mol. The van der Waals surface area contributed by atoms with Gasteiger partial charge in [-0.3, -0.25) is 4.90 Å². The number of morpholine rings is 1. The second kappa shape index (κ2) is 7.16. The normalized spacial score (nSPS) is 17.1. The number of hydrogen-bond acceptors (Lipinski definition) is 3. The molecule has 0 unspecified atom stereocenters. The van der Waals surface area contributed by atoms with Gasteiger partial charge in [0, 0.05) is 28.7 Å². The molecule has 0 aliphatic carbocycles. The van der Waals surface area contributed by atoms with Gasteiger partial charge in [0.1, 0.15) is 6.54 Å². The molecule has 0 bridgehead atoms. The van der Waals surface area contributed by atoms with E-state index in [9.17, 15) is 5.11 Å². The molecular weight excluding hydrogens is 311 g/mol. The summed E-state index contributed by atoms with van der Waals surface area (Å²) in [5.74, 6) is -0.124. The van der Waals surface area contributed by atoms with Gasteiger partial charge in [0.25, 0.3) is 0 Å². The molecule has 6 heteroatoms. The second-order valence-corrected chi connectivity index (χ2v) is 6.83. The van der Waals surface area contributed by atoms with Crippen molar-refractivity contribution >= 4 is 23.2 Å². The summed E-state index contributed by atoms with van der Waals surface area (Å²) in [6, 6.07) is 3.20. The highest BCUT2D eigenvalue weighted by molar-refractivity contribution is 6.35. The summed E-state index contributed by atoms with van der Waals surface area (Å²) in [6.07, 6.45) is 0. The molecule has 2 rings (SSSR count). The molecule has 0 spiro atoms. The Kier molecular flexibility index (Phi) is 5.74. The van der Waals surface area contributed by atoms with E-state index in [2.05, 4.69) is 24.1 Å². The molecule has 1 aromatic carbocycles. The van der Waals surface area contributed by atoms with Crippen LogP contribution >= 0.6 is 23.2 Å². The Bertz CT molecular complexity index is 489. The third kappa shape index (κ3) is 4.47. The van der Waals surface area contributed by atoms with Gasteiger partial charge >= 0.3 is 0 Å². The first-order chi connectivity index (χ1) is 9.90. The summed E-state index contributed by atoms with van der Waals surface area (Å²) in [5.41, 5.74) is 0.722. The summed E-state index contributed by atoms with van der Waals surface area (Å²) in [4.78, 5) is 2.43. The van der Waals surface area contributed by atoms with Crippen molar-refractivity contribution in [2.24, 2.45) is 0 Å². The van der Waals surface area contributed by atoms with Crippen molar-refractivity contribution in [2.45, 2.75) is 25.9 Å². The van der Waals surface area contributed by atoms with Crippen LogP contribution in [0.15, 0.2) is 12.1 Å². The predicted octanol–water partition coefficient (Wildman–Crippen LogP) is 1.24. The van der Waals surface area contributed by atoms with E-state index < -0.39 is 0 Å². The van der Waals surface area contributed by atoms with Crippen LogP contribution in [0.5, 0.6) is 5.75 Å². The molecule has 21 heavy (non-hydrogen) atoms. The molecule has 0 atom stereocenters. The zero-order valence-corrected chi connectivity index (χ0v) is 14.0. The van der Waals surface area contributed by atoms with Gasteiger partial charge in [-0.25, -0.2) is 0 Å². The molecule has 1 fully saturated rings. The second-order valence-electron chi connectivity index (χ2n) is 5.98. The maximum absolute atomic E-state index is 11.9. The minimum absolute atomic E-state index is 0.0647. The maximum atomic E-state index is 11.9. The number of rotatable bonds is 5. The largest absolute Gasteiger partial charge is 0.871 e. The molecule has 1 aliphatic heterocycles. The number of hydrogen-bond donors (Lipinski definition) is 1. The summed E-state index contributed by atoms with van der Waals surface area (Å²) < 4.78 is 5.39. The van der Waals surface area contributed by atoms with E-state index in [-0.39, 0.29) is 16.3 Å². The summed E-state index contributed by atoms with van der Waals surface area (Å²) >= 11 is 11.8. The molecule has 1 heterocycles. The van der Waals surface area contributed by atoms with E-state index in [4.69, 9.17) is 27.9 Å². The third-order valence-corrected chi connectivity index (χ3v) is 4.46. The minimum Gasteiger partial charge on any atom is -0.871 e. The van der Waals surface area contributed by atoms with Crippen molar-refractivity contribution in [3.63, 3.8) is 0 Å². The molecule has 1 saturated heterocycles. The van der Waals surface area contributed by atoms with Crippen LogP contribution < -0.4 is 10.4 Å². The van der Waals surface area contributed by atoms with Crippen LogP contribution in [0, 0.1) is 0 Å². The third-order valence-electron chi connectivity index (χ3n) is 3.96. The van der Waals surface area contributed by atoms with Gasteiger partial charge in [0.15, 0.2) is 0 Å². The number of nitrogens with two attached hydrogens (primary N) is 1. The Balaban J connectivity index is 1.91. The lowest BCUT2D eigenvalue weighted by atomic mass is 10.0. The van der Waals surface area contributed by atoms with Gasteiger partial charge in [-0.15, -0.1) is 0 Å². The first-order valence-corrected chi connectivity index (χ1v) is 7.95. The topological polar surface area (TPSA) is 52.1 Å². The van der Waals surface area contributed by atoms with Gasteiger partial charge < -0.3 is 15.2 Å². The van der Waals surface area contributed by atoms with Gasteiger partial charge in [0.2, 0.25) is 0 Å². The van der Waals surface area contributed by atoms with E-state index >= 15 is 0 Å². The fourth-order valence-electron chi connectivity index (χ4n) is 2.64. The van der Waals surface area contributed by atoms with E-state index in [1.54, 1.807) is 6.07 Å². The van der Waals surface area contributed by atoms with Gasteiger partial charge in [0.05, 0.1) is 25.3 Å². The van der Waals surface area contributed by atoms with Crippen LogP contribution in [-0.4, -0.2) is 43.3 Å². The van der Waals surface area contributed by atoms with Crippen LogP contribution in [0.25, 0.3) is 0 Å². The van der Waals surface area contributed by atoms with E-state index in [0.717, 1.165) is 32.8 Å². The number of benzene rings is 1. The summed E-state index contributed by atoms with van der Waals surface area (Å²) in [7, 11) is 0. The molecule has 0 aromatic heterocycles. The van der Waals surface area contributed by atoms with Gasteiger partial charge in [-0.05, 0) is 26.0 Å². The minimum atomic E-state index is -0.124. The molecule has 4 nitrogen and oxygen atoms in total. The van der Waals surface area contributed by atoms with Crippen molar-refractivity contribution in [3.05, 3.63) is 27.7 Å². The van der Waals surface area contributed by atoms with Crippen molar-refractivity contribution in [2.75, 3.05) is 32.8 Å². The Morgan fingerprint density at radius 3 is 2.62 bits per heavy atom. The van der Waals surface area contributed by atoms with Crippen LogP contribution in [0.3, 0.4) is 0 Å². The fraction of sp³-hybridized carbons (Fsp3) is 0.600. The van der Waals surface area contributed by atoms with Crippen molar-refractivity contribution < 1.29 is 15.2 Å². The molecule has 0 radical (unpaired) electrons. The number of halogens is 2. The van der Waals surface area contributed by atoms with Crippen LogP contribution in [0.1, 0.15) is 19.4 Å². The maximum Gasteiger partial charge on any atom is 0.101 e. The van der Waals surface area contributed by atoms with E-state index in [1.165, 1.54) is 6.07 Å².